The summed E-state index contributed by atoms with van der Waals surface area (Å²) in [5, 5.41) is 2.98. The maximum absolute atomic E-state index is 6.02. The number of halogens is 1. The van der Waals surface area contributed by atoms with Gasteiger partial charge >= 0.3 is 0 Å². The molecule has 1 saturated heterocycles. The monoisotopic (exact) mass is 291 g/mol. The highest BCUT2D eigenvalue weighted by molar-refractivity contribution is 6.31. The third-order valence-electron chi connectivity index (χ3n) is 3.57. The van der Waals surface area contributed by atoms with Crippen molar-refractivity contribution in [1.29, 1.82) is 0 Å². The number of rotatable bonds is 4. The highest BCUT2D eigenvalue weighted by Gasteiger charge is 2.10. The van der Waals surface area contributed by atoms with Gasteiger partial charge in [0.2, 0.25) is 0 Å². The van der Waals surface area contributed by atoms with E-state index in [1.165, 1.54) is 0 Å². The summed E-state index contributed by atoms with van der Waals surface area (Å²) >= 11 is 6.02. The van der Waals surface area contributed by atoms with Crippen LogP contribution in [-0.2, 0) is 4.74 Å². The van der Waals surface area contributed by atoms with Crippen molar-refractivity contribution in [2.75, 3.05) is 39.5 Å². The fourth-order valence-corrected chi connectivity index (χ4v) is 2.64. The molecular weight excluding hydrogens is 274 g/mol. The standard InChI is InChI=1S/C16H18ClNO2/c17-14-4-5-15-13(12-14)2-1-3-16(15)20-11-8-18-6-9-19-10-7-18/h1-5,12H,6-11H2. The molecule has 0 spiro atoms. The van der Waals surface area contributed by atoms with Crippen molar-refractivity contribution in [2.24, 2.45) is 0 Å². The lowest BCUT2D eigenvalue weighted by molar-refractivity contribution is 0.0323. The summed E-state index contributed by atoms with van der Waals surface area (Å²) in [6.45, 7) is 5.28. The second-order valence-electron chi connectivity index (χ2n) is 4.92. The van der Waals surface area contributed by atoms with E-state index >= 15 is 0 Å². The summed E-state index contributed by atoms with van der Waals surface area (Å²) in [6.07, 6.45) is 0. The highest BCUT2D eigenvalue weighted by atomic mass is 35.5. The smallest absolute Gasteiger partial charge is 0.127 e. The number of nitrogens with zero attached hydrogens (tertiary/aromatic N) is 1. The van der Waals surface area contributed by atoms with Crippen molar-refractivity contribution in [3.05, 3.63) is 41.4 Å². The van der Waals surface area contributed by atoms with Crippen LogP contribution in [0.5, 0.6) is 5.75 Å². The molecule has 0 saturated carbocycles. The number of ether oxygens (including phenoxy) is 2. The molecule has 20 heavy (non-hydrogen) atoms. The van der Waals surface area contributed by atoms with Gasteiger partial charge in [-0.15, -0.1) is 0 Å². The topological polar surface area (TPSA) is 21.7 Å². The van der Waals surface area contributed by atoms with Crippen molar-refractivity contribution in [3.63, 3.8) is 0 Å². The number of morpholine rings is 1. The van der Waals surface area contributed by atoms with E-state index in [1.807, 2.05) is 30.3 Å². The minimum absolute atomic E-state index is 0.696. The Kier molecular flexibility index (Phi) is 4.41. The van der Waals surface area contributed by atoms with Crippen molar-refractivity contribution >= 4 is 22.4 Å². The molecule has 4 heteroatoms. The largest absolute Gasteiger partial charge is 0.492 e. The lowest BCUT2D eigenvalue weighted by atomic mass is 10.1. The van der Waals surface area contributed by atoms with Gasteiger partial charge in [-0.2, -0.15) is 0 Å². The van der Waals surface area contributed by atoms with E-state index in [-0.39, 0.29) is 0 Å². The summed E-state index contributed by atoms with van der Waals surface area (Å²) in [7, 11) is 0. The van der Waals surface area contributed by atoms with Crippen LogP contribution in [0.4, 0.5) is 0 Å². The Labute approximate surface area is 124 Å². The predicted molar refractivity (Wildman–Crippen MR) is 81.7 cm³/mol. The van der Waals surface area contributed by atoms with Gasteiger partial charge in [-0.3, -0.25) is 4.90 Å². The van der Waals surface area contributed by atoms with Gasteiger partial charge in [0.05, 0.1) is 13.2 Å². The molecule has 106 valence electrons. The zero-order valence-corrected chi connectivity index (χ0v) is 12.1. The van der Waals surface area contributed by atoms with E-state index in [2.05, 4.69) is 11.0 Å². The molecule has 0 bridgehead atoms. The van der Waals surface area contributed by atoms with E-state index in [1.54, 1.807) is 0 Å². The Morgan fingerprint density at radius 2 is 2.00 bits per heavy atom. The zero-order chi connectivity index (χ0) is 13.8. The van der Waals surface area contributed by atoms with Crippen LogP contribution in [0.15, 0.2) is 36.4 Å². The van der Waals surface area contributed by atoms with E-state index < -0.39 is 0 Å². The number of hydrogen-bond acceptors (Lipinski definition) is 3. The zero-order valence-electron chi connectivity index (χ0n) is 11.3. The Hall–Kier alpha value is -1.29. The second kappa shape index (κ2) is 6.44. The van der Waals surface area contributed by atoms with Crippen molar-refractivity contribution in [1.82, 2.24) is 4.90 Å². The minimum atomic E-state index is 0.696. The molecular formula is C16H18ClNO2. The molecule has 2 aromatic rings. The Bertz CT molecular complexity index is 582. The van der Waals surface area contributed by atoms with Gasteiger partial charge in [-0.05, 0) is 29.7 Å². The summed E-state index contributed by atoms with van der Waals surface area (Å²) in [4.78, 5) is 2.37. The maximum Gasteiger partial charge on any atom is 0.127 e. The van der Waals surface area contributed by atoms with E-state index in [0.29, 0.717) is 6.61 Å². The highest BCUT2D eigenvalue weighted by Crippen LogP contribution is 2.27. The lowest BCUT2D eigenvalue weighted by Crippen LogP contribution is -2.38. The van der Waals surface area contributed by atoms with Crippen LogP contribution in [0.2, 0.25) is 5.02 Å². The van der Waals surface area contributed by atoms with E-state index in [9.17, 15) is 0 Å². The Balaban J connectivity index is 1.65. The summed E-state index contributed by atoms with van der Waals surface area (Å²) < 4.78 is 11.3. The Morgan fingerprint density at radius 1 is 1.15 bits per heavy atom. The minimum Gasteiger partial charge on any atom is -0.492 e. The molecule has 0 radical (unpaired) electrons. The van der Waals surface area contributed by atoms with Gasteiger partial charge in [0.25, 0.3) is 0 Å². The van der Waals surface area contributed by atoms with E-state index in [4.69, 9.17) is 21.1 Å². The summed E-state index contributed by atoms with van der Waals surface area (Å²) in [5.74, 6) is 0.924. The fourth-order valence-electron chi connectivity index (χ4n) is 2.46. The second-order valence-corrected chi connectivity index (χ2v) is 5.36. The molecule has 2 aromatic carbocycles. The van der Waals surface area contributed by atoms with Gasteiger partial charge in [0.1, 0.15) is 12.4 Å². The molecule has 3 nitrogen and oxygen atoms in total. The van der Waals surface area contributed by atoms with Gasteiger partial charge in [-0.1, -0.05) is 23.7 Å². The molecule has 0 aliphatic carbocycles. The van der Waals surface area contributed by atoms with Crippen LogP contribution in [-0.4, -0.2) is 44.4 Å². The van der Waals surface area contributed by atoms with Crippen molar-refractivity contribution < 1.29 is 9.47 Å². The van der Waals surface area contributed by atoms with Gasteiger partial charge in [0.15, 0.2) is 0 Å². The van der Waals surface area contributed by atoms with Crippen LogP contribution >= 0.6 is 11.6 Å². The van der Waals surface area contributed by atoms with Crippen LogP contribution < -0.4 is 4.74 Å². The van der Waals surface area contributed by atoms with Crippen molar-refractivity contribution in [3.8, 4) is 5.75 Å². The number of benzene rings is 2. The third-order valence-corrected chi connectivity index (χ3v) is 3.81. The molecule has 1 aliphatic heterocycles. The maximum atomic E-state index is 6.02. The number of fused-ring (bicyclic) bond motifs is 1. The average molecular weight is 292 g/mol. The van der Waals surface area contributed by atoms with E-state index in [0.717, 1.165) is 54.4 Å². The lowest BCUT2D eigenvalue weighted by Gasteiger charge is -2.26. The first-order valence-electron chi connectivity index (χ1n) is 6.94. The normalized spacial score (nSPS) is 16.4. The van der Waals surface area contributed by atoms with Crippen LogP contribution in [0.1, 0.15) is 0 Å². The third kappa shape index (κ3) is 3.23. The molecule has 0 amide bonds. The average Bonchev–Trinajstić information content (AvgIpc) is 2.48. The van der Waals surface area contributed by atoms with Crippen molar-refractivity contribution in [2.45, 2.75) is 0 Å². The molecule has 1 heterocycles. The first-order valence-corrected chi connectivity index (χ1v) is 7.32. The molecule has 1 fully saturated rings. The van der Waals surface area contributed by atoms with Gasteiger partial charge < -0.3 is 9.47 Å². The quantitative estimate of drug-likeness (QED) is 0.863. The number of hydrogen-bond donors (Lipinski definition) is 0. The van der Waals surface area contributed by atoms with Crippen LogP contribution in [0, 0.1) is 0 Å². The molecule has 1 aliphatic rings. The Morgan fingerprint density at radius 3 is 2.85 bits per heavy atom. The SMILES string of the molecule is Clc1ccc2c(OCCN3CCOCC3)cccc2c1. The summed E-state index contributed by atoms with van der Waals surface area (Å²) in [5.41, 5.74) is 0. The molecule has 0 aromatic heterocycles. The first kappa shape index (κ1) is 13.7. The van der Waals surface area contributed by atoms with Gasteiger partial charge in [0, 0.05) is 30.0 Å². The molecule has 0 N–H and O–H groups in total. The fraction of sp³-hybridized carbons (Fsp3) is 0.375. The first-order chi connectivity index (χ1) is 9.83. The predicted octanol–water partition coefficient (Wildman–Crippen LogP) is 3.20. The summed E-state index contributed by atoms with van der Waals surface area (Å²) in [6, 6.07) is 11.9. The molecule has 0 unspecified atom stereocenters. The molecule has 3 rings (SSSR count). The molecule has 0 atom stereocenters. The van der Waals surface area contributed by atoms with Crippen LogP contribution in [0.3, 0.4) is 0 Å². The van der Waals surface area contributed by atoms with Crippen LogP contribution in [0.25, 0.3) is 10.8 Å². The van der Waals surface area contributed by atoms with Gasteiger partial charge in [-0.25, -0.2) is 0 Å².